The monoisotopic (exact) mass is 423 g/mol. The molecular formula is C20H20F3N3O4. The number of carbonyl (C=O) groups excluding carboxylic acids is 2. The molecule has 0 fully saturated rings. The number of halogens is 3. The molecular weight excluding hydrogens is 403 g/mol. The van der Waals surface area contributed by atoms with Crippen LogP contribution in [0.4, 0.5) is 18.9 Å². The van der Waals surface area contributed by atoms with Crippen molar-refractivity contribution in [3.8, 4) is 0 Å². The lowest BCUT2D eigenvalue weighted by Gasteiger charge is -2.20. The summed E-state index contributed by atoms with van der Waals surface area (Å²) in [4.78, 5) is 34.5. The van der Waals surface area contributed by atoms with E-state index in [9.17, 15) is 32.9 Å². The molecule has 0 aliphatic heterocycles. The van der Waals surface area contributed by atoms with E-state index in [1.165, 1.54) is 30.3 Å². The lowest BCUT2D eigenvalue weighted by molar-refractivity contribution is -0.384. The van der Waals surface area contributed by atoms with Crippen molar-refractivity contribution in [3.63, 3.8) is 0 Å². The molecule has 1 unspecified atom stereocenters. The second kappa shape index (κ2) is 9.86. The first kappa shape index (κ1) is 22.9. The van der Waals surface area contributed by atoms with Crippen LogP contribution in [-0.2, 0) is 11.0 Å². The van der Waals surface area contributed by atoms with Crippen molar-refractivity contribution in [3.05, 3.63) is 75.3 Å². The maximum atomic E-state index is 13.0. The third-order valence-electron chi connectivity index (χ3n) is 4.26. The van der Waals surface area contributed by atoms with Gasteiger partial charge in [-0.3, -0.25) is 19.7 Å². The molecule has 1 atom stereocenters. The van der Waals surface area contributed by atoms with Crippen LogP contribution in [0.15, 0.2) is 48.5 Å². The van der Waals surface area contributed by atoms with Crippen LogP contribution in [0.2, 0.25) is 0 Å². The largest absolute Gasteiger partial charge is 0.416 e. The Labute approximate surface area is 170 Å². The first-order valence-corrected chi connectivity index (χ1v) is 9.11. The number of alkyl halides is 3. The summed E-state index contributed by atoms with van der Waals surface area (Å²) in [6.07, 6.45) is -3.48. The Kier molecular flexibility index (Phi) is 7.51. The molecule has 2 aromatic rings. The highest BCUT2D eigenvalue weighted by Crippen LogP contribution is 2.31. The lowest BCUT2D eigenvalue weighted by Crippen LogP contribution is -2.38. The van der Waals surface area contributed by atoms with Crippen LogP contribution in [0.5, 0.6) is 0 Å². The molecule has 30 heavy (non-hydrogen) atoms. The number of nitro groups is 1. The van der Waals surface area contributed by atoms with Gasteiger partial charge in [-0.2, -0.15) is 13.2 Å². The van der Waals surface area contributed by atoms with Crippen molar-refractivity contribution in [2.45, 2.75) is 32.0 Å². The van der Waals surface area contributed by atoms with Crippen molar-refractivity contribution in [1.29, 1.82) is 0 Å². The van der Waals surface area contributed by atoms with Crippen LogP contribution in [0.3, 0.4) is 0 Å². The summed E-state index contributed by atoms with van der Waals surface area (Å²) in [5.41, 5.74) is -0.751. The molecule has 2 aromatic carbocycles. The summed E-state index contributed by atoms with van der Waals surface area (Å²) in [5.74, 6) is -1.27. The zero-order valence-electron chi connectivity index (χ0n) is 16.0. The van der Waals surface area contributed by atoms with E-state index >= 15 is 0 Å². The molecule has 2 N–H and O–H groups in total. The molecule has 0 aliphatic rings. The minimum Gasteiger partial charge on any atom is -0.348 e. The van der Waals surface area contributed by atoms with Crippen LogP contribution in [0.25, 0.3) is 0 Å². The van der Waals surface area contributed by atoms with Gasteiger partial charge in [-0.25, -0.2) is 0 Å². The summed E-state index contributed by atoms with van der Waals surface area (Å²) < 4.78 is 38.9. The maximum Gasteiger partial charge on any atom is 0.416 e. The van der Waals surface area contributed by atoms with Crippen LogP contribution in [-0.4, -0.2) is 23.3 Å². The highest BCUT2D eigenvalue weighted by molar-refractivity contribution is 5.97. The Hall–Kier alpha value is -3.43. The smallest absolute Gasteiger partial charge is 0.348 e. The van der Waals surface area contributed by atoms with Gasteiger partial charge in [0.1, 0.15) is 0 Å². The van der Waals surface area contributed by atoms with Gasteiger partial charge in [0.2, 0.25) is 5.91 Å². The summed E-state index contributed by atoms with van der Waals surface area (Å²) in [6, 6.07) is 9.08. The molecule has 0 saturated carbocycles. The molecule has 0 radical (unpaired) electrons. The zero-order chi connectivity index (χ0) is 22.3. The number of nitrogens with one attached hydrogen (secondary N) is 2. The molecule has 0 aliphatic carbocycles. The van der Waals surface area contributed by atoms with Crippen molar-refractivity contribution in [2.24, 2.45) is 0 Å². The minimum absolute atomic E-state index is 0.0139. The van der Waals surface area contributed by atoms with Gasteiger partial charge in [0.25, 0.3) is 11.6 Å². The Bertz CT molecular complexity index is 932. The predicted molar refractivity (Wildman–Crippen MR) is 103 cm³/mol. The summed E-state index contributed by atoms with van der Waals surface area (Å²) >= 11 is 0. The van der Waals surface area contributed by atoms with Gasteiger partial charge in [-0.05, 0) is 30.2 Å². The molecule has 160 valence electrons. The molecule has 0 spiro atoms. The molecule has 7 nitrogen and oxygen atoms in total. The number of amides is 2. The average molecular weight is 423 g/mol. The maximum absolute atomic E-state index is 13.0. The summed E-state index contributed by atoms with van der Waals surface area (Å²) in [7, 11) is 0. The van der Waals surface area contributed by atoms with Crippen LogP contribution >= 0.6 is 0 Å². The predicted octanol–water partition coefficient (Wildman–Crippen LogP) is 4.00. The first-order valence-electron chi connectivity index (χ1n) is 9.11. The normalized spacial score (nSPS) is 12.1. The number of non-ortho nitro benzene ring substituents is 1. The summed E-state index contributed by atoms with van der Waals surface area (Å²) in [5, 5.41) is 15.8. The number of carbonyl (C=O) groups is 2. The highest BCUT2D eigenvalue weighted by Gasteiger charge is 2.31. The van der Waals surface area contributed by atoms with E-state index in [2.05, 4.69) is 10.6 Å². The number of benzene rings is 2. The van der Waals surface area contributed by atoms with E-state index in [4.69, 9.17) is 0 Å². The fourth-order valence-electron chi connectivity index (χ4n) is 2.81. The molecule has 10 heteroatoms. The fourth-order valence-corrected chi connectivity index (χ4v) is 2.81. The van der Waals surface area contributed by atoms with Crippen LogP contribution in [0, 0.1) is 10.1 Å². The minimum atomic E-state index is -4.50. The SMILES string of the molecule is CCCC(NC(=O)CNC(=O)c1cccc([N+](=O)[O-])c1)c1cccc(C(F)(F)F)c1. The number of nitro benzene ring substituents is 1. The van der Waals surface area contributed by atoms with Crippen LogP contribution < -0.4 is 10.6 Å². The average Bonchev–Trinajstić information content (AvgIpc) is 2.71. The summed E-state index contributed by atoms with van der Waals surface area (Å²) in [6.45, 7) is 1.40. The topological polar surface area (TPSA) is 101 Å². The van der Waals surface area contributed by atoms with Gasteiger partial charge >= 0.3 is 6.18 Å². The molecule has 2 rings (SSSR count). The second-order valence-electron chi connectivity index (χ2n) is 6.52. The quantitative estimate of drug-likeness (QED) is 0.495. The third-order valence-corrected chi connectivity index (χ3v) is 4.26. The Morgan fingerprint density at radius 3 is 2.47 bits per heavy atom. The molecule has 0 heterocycles. The second-order valence-corrected chi connectivity index (χ2v) is 6.52. The molecule has 0 bridgehead atoms. The van der Waals surface area contributed by atoms with E-state index in [-0.39, 0.29) is 11.3 Å². The van der Waals surface area contributed by atoms with Gasteiger partial charge in [0.05, 0.1) is 23.1 Å². The Balaban J connectivity index is 2.03. The zero-order valence-corrected chi connectivity index (χ0v) is 16.0. The Morgan fingerprint density at radius 1 is 1.13 bits per heavy atom. The van der Waals surface area contributed by atoms with Crippen molar-refractivity contribution in [1.82, 2.24) is 10.6 Å². The number of rotatable bonds is 8. The van der Waals surface area contributed by atoms with E-state index in [0.717, 1.165) is 18.2 Å². The van der Waals surface area contributed by atoms with Crippen molar-refractivity contribution < 1.29 is 27.7 Å². The number of nitrogens with zero attached hydrogens (tertiary/aromatic N) is 1. The Morgan fingerprint density at radius 2 is 1.83 bits per heavy atom. The van der Waals surface area contributed by atoms with E-state index < -0.39 is 41.1 Å². The number of hydrogen-bond acceptors (Lipinski definition) is 4. The van der Waals surface area contributed by atoms with E-state index in [0.29, 0.717) is 18.4 Å². The molecule has 0 saturated heterocycles. The van der Waals surface area contributed by atoms with E-state index in [1.807, 2.05) is 6.92 Å². The van der Waals surface area contributed by atoms with Gasteiger partial charge in [0.15, 0.2) is 0 Å². The van der Waals surface area contributed by atoms with Gasteiger partial charge in [0, 0.05) is 17.7 Å². The van der Waals surface area contributed by atoms with Gasteiger partial charge in [-0.15, -0.1) is 0 Å². The lowest BCUT2D eigenvalue weighted by atomic mass is 10.00. The third kappa shape index (κ3) is 6.29. The number of hydrogen-bond donors (Lipinski definition) is 2. The van der Waals surface area contributed by atoms with Crippen LogP contribution in [0.1, 0.15) is 47.3 Å². The van der Waals surface area contributed by atoms with Gasteiger partial charge in [-0.1, -0.05) is 31.5 Å². The van der Waals surface area contributed by atoms with E-state index in [1.54, 1.807) is 0 Å². The molecule has 0 aromatic heterocycles. The van der Waals surface area contributed by atoms with Gasteiger partial charge < -0.3 is 10.6 Å². The molecule has 2 amide bonds. The van der Waals surface area contributed by atoms with Crippen molar-refractivity contribution in [2.75, 3.05) is 6.54 Å². The first-order chi connectivity index (χ1) is 14.1. The standard InChI is InChI=1S/C20H20F3N3O4/c1-2-5-17(13-6-3-8-15(10-13)20(21,22)23)25-18(27)12-24-19(28)14-7-4-9-16(11-14)26(29)30/h3-4,6-11,17H,2,5,12H2,1H3,(H,24,28)(H,25,27). The fraction of sp³-hybridized carbons (Fsp3) is 0.300. The van der Waals surface area contributed by atoms with Crippen molar-refractivity contribution >= 4 is 17.5 Å². The highest BCUT2D eigenvalue weighted by atomic mass is 19.4.